The molecule has 0 fully saturated rings. The summed E-state index contributed by atoms with van der Waals surface area (Å²) < 4.78 is 0. The van der Waals surface area contributed by atoms with E-state index in [2.05, 4.69) is 18.7 Å². The van der Waals surface area contributed by atoms with Gasteiger partial charge in [-0.1, -0.05) is 31.5 Å². The third kappa shape index (κ3) is 3.60. The average molecular weight is 257 g/mol. The summed E-state index contributed by atoms with van der Waals surface area (Å²) >= 11 is 6.02. The summed E-state index contributed by atoms with van der Waals surface area (Å²) in [6, 6.07) is 3.65. The maximum atomic E-state index is 10.2. The SMILES string of the molecule is CCN(CC)CC(O)c1cc(C)c(N)c(Cl)c1. The number of nitrogen functional groups attached to an aromatic ring is 1. The highest BCUT2D eigenvalue weighted by molar-refractivity contribution is 6.33. The lowest BCUT2D eigenvalue weighted by Crippen LogP contribution is -2.28. The van der Waals surface area contributed by atoms with Crippen LogP contribution in [0.1, 0.15) is 31.1 Å². The van der Waals surface area contributed by atoms with Crippen LogP contribution in [-0.4, -0.2) is 29.6 Å². The molecule has 96 valence electrons. The topological polar surface area (TPSA) is 49.5 Å². The minimum atomic E-state index is -0.522. The number of likely N-dealkylation sites (N-methyl/N-ethyl adjacent to an activating group) is 1. The first-order chi connectivity index (χ1) is 7.99. The van der Waals surface area contributed by atoms with E-state index >= 15 is 0 Å². The van der Waals surface area contributed by atoms with Crippen molar-refractivity contribution in [2.75, 3.05) is 25.4 Å². The Labute approximate surface area is 108 Å². The molecule has 0 radical (unpaired) electrons. The zero-order valence-electron chi connectivity index (χ0n) is 10.7. The monoisotopic (exact) mass is 256 g/mol. The van der Waals surface area contributed by atoms with Gasteiger partial charge in [0.1, 0.15) is 0 Å². The van der Waals surface area contributed by atoms with Gasteiger partial charge in [0.05, 0.1) is 16.8 Å². The van der Waals surface area contributed by atoms with Crippen molar-refractivity contribution in [2.24, 2.45) is 0 Å². The fourth-order valence-corrected chi connectivity index (χ4v) is 2.08. The number of hydrogen-bond acceptors (Lipinski definition) is 3. The van der Waals surface area contributed by atoms with Gasteiger partial charge in [-0.15, -0.1) is 0 Å². The average Bonchev–Trinajstić information content (AvgIpc) is 2.31. The second-order valence-electron chi connectivity index (χ2n) is 4.23. The smallest absolute Gasteiger partial charge is 0.0917 e. The van der Waals surface area contributed by atoms with E-state index in [1.807, 2.05) is 13.0 Å². The molecule has 0 aliphatic heterocycles. The van der Waals surface area contributed by atoms with Gasteiger partial charge in [-0.05, 0) is 37.2 Å². The first-order valence-electron chi connectivity index (χ1n) is 5.95. The molecule has 4 heteroatoms. The molecule has 0 amide bonds. The van der Waals surface area contributed by atoms with Gasteiger partial charge in [0, 0.05) is 6.54 Å². The second kappa shape index (κ2) is 6.24. The van der Waals surface area contributed by atoms with Crippen molar-refractivity contribution < 1.29 is 5.11 Å². The standard InChI is InChI=1S/C13H21ClN2O/c1-4-16(5-2)8-12(17)10-6-9(3)13(15)11(14)7-10/h6-7,12,17H,4-5,8,15H2,1-3H3. The summed E-state index contributed by atoms with van der Waals surface area (Å²) in [5.74, 6) is 0. The molecule has 0 heterocycles. The van der Waals surface area contributed by atoms with Gasteiger partial charge in [0.25, 0.3) is 0 Å². The Morgan fingerprint density at radius 1 is 1.35 bits per heavy atom. The van der Waals surface area contributed by atoms with Crippen molar-refractivity contribution in [3.63, 3.8) is 0 Å². The fourth-order valence-electron chi connectivity index (χ4n) is 1.81. The lowest BCUT2D eigenvalue weighted by atomic mass is 10.0. The minimum Gasteiger partial charge on any atom is -0.397 e. The molecule has 1 atom stereocenters. The number of rotatable bonds is 5. The molecular formula is C13H21ClN2O. The second-order valence-corrected chi connectivity index (χ2v) is 4.64. The van der Waals surface area contributed by atoms with Crippen LogP contribution in [0.15, 0.2) is 12.1 Å². The van der Waals surface area contributed by atoms with E-state index in [0.29, 0.717) is 17.3 Å². The summed E-state index contributed by atoms with van der Waals surface area (Å²) in [6.07, 6.45) is -0.522. The molecule has 3 N–H and O–H groups in total. The zero-order valence-corrected chi connectivity index (χ0v) is 11.5. The molecule has 1 rings (SSSR count). The molecular weight excluding hydrogens is 236 g/mol. The zero-order chi connectivity index (χ0) is 13.0. The molecule has 0 aliphatic rings. The molecule has 1 aromatic rings. The van der Waals surface area contributed by atoms with Crippen LogP contribution in [0.4, 0.5) is 5.69 Å². The van der Waals surface area contributed by atoms with Crippen molar-refractivity contribution in [3.8, 4) is 0 Å². The van der Waals surface area contributed by atoms with Crippen molar-refractivity contribution in [3.05, 3.63) is 28.3 Å². The highest BCUT2D eigenvalue weighted by atomic mass is 35.5. The quantitative estimate of drug-likeness (QED) is 0.797. The fraction of sp³-hybridized carbons (Fsp3) is 0.538. The largest absolute Gasteiger partial charge is 0.397 e. The Balaban J connectivity index is 2.85. The third-order valence-electron chi connectivity index (χ3n) is 3.07. The number of aliphatic hydroxyl groups excluding tert-OH is 1. The Bertz CT molecular complexity index is 355. The van der Waals surface area contributed by atoms with E-state index in [0.717, 1.165) is 24.2 Å². The number of anilines is 1. The van der Waals surface area contributed by atoms with Gasteiger partial charge < -0.3 is 15.7 Å². The maximum Gasteiger partial charge on any atom is 0.0917 e. The summed E-state index contributed by atoms with van der Waals surface area (Å²) in [5, 5.41) is 10.7. The predicted molar refractivity (Wildman–Crippen MR) is 73.3 cm³/mol. The molecule has 0 bridgehead atoms. The predicted octanol–water partition coefficient (Wildman–Crippen LogP) is 2.61. The maximum absolute atomic E-state index is 10.2. The number of nitrogens with zero attached hydrogens (tertiary/aromatic N) is 1. The van der Waals surface area contributed by atoms with E-state index in [4.69, 9.17) is 17.3 Å². The van der Waals surface area contributed by atoms with Crippen LogP contribution in [0, 0.1) is 6.92 Å². The van der Waals surface area contributed by atoms with Crippen LogP contribution in [-0.2, 0) is 0 Å². The van der Waals surface area contributed by atoms with Gasteiger partial charge in [-0.25, -0.2) is 0 Å². The first kappa shape index (κ1) is 14.3. The molecule has 0 saturated carbocycles. The Hall–Kier alpha value is -0.770. The number of aryl methyl sites for hydroxylation is 1. The van der Waals surface area contributed by atoms with Crippen molar-refractivity contribution >= 4 is 17.3 Å². The van der Waals surface area contributed by atoms with Gasteiger partial charge in [0.2, 0.25) is 0 Å². The summed E-state index contributed by atoms with van der Waals surface area (Å²) in [7, 11) is 0. The van der Waals surface area contributed by atoms with Gasteiger partial charge in [-0.3, -0.25) is 0 Å². The number of benzene rings is 1. The van der Waals surface area contributed by atoms with Crippen LogP contribution < -0.4 is 5.73 Å². The van der Waals surface area contributed by atoms with Crippen molar-refractivity contribution in [1.29, 1.82) is 0 Å². The molecule has 1 aromatic carbocycles. The molecule has 1 unspecified atom stereocenters. The van der Waals surface area contributed by atoms with Crippen LogP contribution in [0.5, 0.6) is 0 Å². The van der Waals surface area contributed by atoms with Crippen molar-refractivity contribution in [2.45, 2.75) is 26.9 Å². The highest BCUT2D eigenvalue weighted by Crippen LogP contribution is 2.27. The molecule has 3 nitrogen and oxygen atoms in total. The summed E-state index contributed by atoms with van der Waals surface area (Å²) in [4.78, 5) is 2.17. The molecule has 0 saturated heterocycles. The number of aliphatic hydroxyl groups is 1. The van der Waals surface area contributed by atoms with E-state index in [-0.39, 0.29) is 0 Å². The minimum absolute atomic E-state index is 0.513. The molecule has 0 aromatic heterocycles. The van der Waals surface area contributed by atoms with E-state index in [1.54, 1.807) is 6.07 Å². The number of nitrogens with two attached hydrogens (primary N) is 1. The van der Waals surface area contributed by atoms with E-state index in [1.165, 1.54) is 0 Å². The third-order valence-corrected chi connectivity index (χ3v) is 3.38. The highest BCUT2D eigenvalue weighted by Gasteiger charge is 2.13. The lowest BCUT2D eigenvalue weighted by Gasteiger charge is -2.22. The summed E-state index contributed by atoms with van der Waals surface area (Å²) in [6.45, 7) is 8.53. The lowest BCUT2D eigenvalue weighted by molar-refractivity contribution is 0.119. The van der Waals surface area contributed by atoms with Gasteiger partial charge in [0.15, 0.2) is 0 Å². The molecule has 0 spiro atoms. The van der Waals surface area contributed by atoms with Gasteiger partial charge in [-0.2, -0.15) is 0 Å². The number of halogens is 1. The van der Waals surface area contributed by atoms with E-state index in [9.17, 15) is 5.11 Å². The molecule has 17 heavy (non-hydrogen) atoms. The van der Waals surface area contributed by atoms with Crippen LogP contribution in [0.3, 0.4) is 0 Å². The van der Waals surface area contributed by atoms with Gasteiger partial charge >= 0.3 is 0 Å². The van der Waals surface area contributed by atoms with E-state index < -0.39 is 6.10 Å². The molecule has 0 aliphatic carbocycles. The van der Waals surface area contributed by atoms with Crippen LogP contribution >= 0.6 is 11.6 Å². The van der Waals surface area contributed by atoms with Crippen molar-refractivity contribution in [1.82, 2.24) is 4.90 Å². The Morgan fingerprint density at radius 3 is 2.41 bits per heavy atom. The summed E-state index contributed by atoms with van der Waals surface area (Å²) in [5.41, 5.74) is 8.10. The van der Waals surface area contributed by atoms with Crippen LogP contribution in [0.25, 0.3) is 0 Å². The van der Waals surface area contributed by atoms with Crippen LogP contribution in [0.2, 0.25) is 5.02 Å². The number of hydrogen-bond donors (Lipinski definition) is 2. The Morgan fingerprint density at radius 2 is 1.94 bits per heavy atom. The normalized spacial score (nSPS) is 13.1. The first-order valence-corrected chi connectivity index (χ1v) is 6.33. The Kier molecular flexibility index (Phi) is 5.25.